The van der Waals surface area contributed by atoms with Crippen molar-refractivity contribution in [3.63, 3.8) is 0 Å². The summed E-state index contributed by atoms with van der Waals surface area (Å²) in [6, 6.07) is 10.2. The van der Waals surface area contributed by atoms with Gasteiger partial charge in [0.05, 0.1) is 5.52 Å². The van der Waals surface area contributed by atoms with Crippen LogP contribution in [0.3, 0.4) is 0 Å². The predicted molar refractivity (Wildman–Crippen MR) is 56.6 cm³/mol. The van der Waals surface area contributed by atoms with Crippen LogP contribution in [0.4, 0.5) is 0 Å². The van der Waals surface area contributed by atoms with Crippen molar-refractivity contribution in [3.05, 3.63) is 41.6 Å². The fourth-order valence-corrected chi connectivity index (χ4v) is 1.43. The molecule has 0 atom stereocenters. The Hall–Kier alpha value is -1.92. The SMILES string of the molecule is N#Cc1ccc2cc(C(=O)Cl)ccc2n1. The number of carbonyl (C=O) groups is 1. The Morgan fingerprint density at radius 3 is 2.80 bits per heavy atom. The Morgan fingerprint density at radius 1 is 1.33 bits per heavy atom. The standard InChI is InChI=1S/C11H5ClN2O/c12-11(15)8-2-4-10-7(5-8)1-3-9(6-13)14-10/h1-5H. The Bertz CT molecular complexity index is 587. The minimum absolute atomic E-state index is 0.354. The van der Waals surface area contributed by atoms with Gasteiger partial charge >= 0.3 is 0 Å². The van der Waals surface area contributed by atoms with E-state index < -0.39 is 5.24 Å². The van der Waals surface area contributed by atoms with Gasteiger partial charge in [0.15, 0.2) is 0 Å². The molecule has 1 heterocycles. The zero-order valence-corrected chi connectivity index (χ0v) is 8.32. The van der Waals surface area contributed by atoms with Crippen LogP contribution in [-0.4, -0.2) is 10.2 Å². The molecule has 4 heteroatoms. The number of aromatic nitrogens is 1. The summed E-state index contributed by atoms with van der Waals surface area (Å²) < 4.78 is 0. The van der Waals surface area contributed by atoms with E-state index in [1.54, 1.807) is 30.3 Å². The van der Waals surface area contributed by atoms with Crippen molar-refractivity contribution in [1.82, 2.24) is 4.98 Å². The van der Waals surface area contributed by atoms with Crippen LogP contribution in [-0.2, 0) is 0 Å². The highest BCUT2D eigenvalue weighted by Crippen LogP contribution is 2.15. The third-order valence-corrected chi connectivity index (χ3v) is 2.25. The second-order valence-electron chi connectivity index (χ2n) is 2.99. The van der Waals surface area contributed by atoms with E-state index in [9.17, 15) is 4.79 Å². The van der Waals surface area contributed by atoms with Gasteiger partial charge in [0.1, 0.15) is 11.8 Å². The maximum absolute atomic E-state index is 10.9. The summed E-state index contributed by atoms with van der Waals surface area (Å²) in [4.78, 5) is 15.0. The maximum atomic E-state index is 10.9. The van der Waals surface area contributed by atoms with Crippen LogP contribution in [0.25, 0.3) is 10.9 Å². The summed E-state index contributed by atoms with van der Waals surface area (Å²) in [6.45, 7) is 0. The first-order valence-electron chi connectivity index (χ1n) is 4.21. The first-order chi connectivity index (χ1) is 7.20. The molecule has 0 aliphatic heterocycles. The van der Waals surface area contributed by atoms with Crippen LogP contribution in [0.15, 0.2) is 30.3 Å². The zero-order chi connectivity index (χ0) is 10.8. The number of pyridine rings is 1. The smallest absolute Gasteiger partial charge is 0.252 e. The van der Waals surface area contributed by atoms with Crippen LogP contribution < -0.4 is 0 Å². The lowest BCUT2D eigenvalue weighted by atomic mass is 10.1. The fraction of sp³-hybridized carbons (Fsp3) is 0. The van der Waals surface area contributed by atoms with Gasteiger partial charge in [-0.2, -0.15) is 5.26 Å². The number of carbonyl (C=O) groups excluding carboxylic acids is 1. The summed E-state index contributed by atoms with van der Waals surface area (Å²) in [5, 5.41) is 8.95. The van der Waals surface area contributed by atoms with E-state index in [0.29, 0.717) is 16.8 Å². The number of halogens is 1. The molecule has 0 radical (unpaired) electrons. The molecule has 2 rings (SSSR count). The minimum Gasteiger partial charge on any atom is -0.276 e. The highest BCUT2D eigenvalue weighted by Gasteiger charge is 2.03. The van der Waals surface area contributed by atoms with Gasteiger partial charge in [-0.1, -0.05) is 0 Å². The molecule has 0 spiro atoms. The number of nitrogens with zero attached hydrogens (tertiary/aromatic N) is 2. The molecule has 0 saturated heterocycles. The molecule has 0 amide bonds. The molecular formula is C11H5ClN2O. The van der Waals surface area contributed by atoms with Crippen molar-refractivity contribution in [1.29, 1.82) is 5.26 Å². The normalized spacial score (nSPS) is 9.87. The lowest BCUT2D eigenvalue weighted by molar-refractivity contribution is 0.108. The lowest BCUT2D eigenvalue weighted by Gasteiger charge is -1.98. The molecule has 0 aliphatic rings. The topological polar surface area (TPSA) is 53.8 Å². The third-order valence-electron chi connectivity index (χ3n) is 2.03. The first kappa shape index (κ1) is 9.63. The highest BCUT2D eigenvalue weighted by molar-refractivity contribution is 6.67. The van der Waals surface area contributed by atoms with Gasteiger partial charge in [-0.25, -0.2) is 4.98 Å². The number of hydrogen-bond donors (Lipinski definition) is 0. The number of rotatable bonds is 1. The molecule has 72 valence electrons. The summed E-state index contributed by atoms with van der Waals surface area (Å²) >= 11 is 5.35. The van der Waals surface area contributed by atoms with Crippen molar-refractivity contribution >= 4 is 27.7 Å². The van der Waals surface area contributed by atoms with Gasteiger partial charge in [-0.15, -0.1) is 0 Å². The summed E-state index contributed by atoms with van der Waals surface area (Å²) in [6.07, 6.45) is 0. The molecule has 1 aromatic heterocycles. The van der Waals surface area contributed by atoms with Crippen molar-refractivity contribution in [2.75, 3.05) is 0 Å². The Kier molecular flexibility index (Phi) is 2.36. The van der Waals surface area contributed by atoms with E-state index in [0.717, 1.165) is 5.39 Å². The molecule has 0 bridgehead atoms. The molecule has 0 saturated carbocycles. The largest absolute Gasteiger partial charge is 0.276 e. The maximum Gasteiger partial charge on any atom is 0.252 e. The van der Waals surface area contributed by atoms with Crippen LogP contribution in [0, 0.1) is 11.3 Å². The van der Waals surface area contributed by atoms with Crippen molar-refractivity contribution < 1.29 is 4.79 Å². The second kappa shape index (κ2) is 3.68. The average molecular weight is 217 g/mol. The van der Waals surface area contributed by atoms with E-state index in [-0.39, 0.29) is 0 Å². The summed E-state index contributed by atoms with van der Waals surface area (Å²) in [7, 11) is 0. The predicted octanol–water partition coefficient (Wildman–Crippen LogP) is 2.49. The van der Waals surface area contributed by atoms with Crippen molar-refractivity contribution in [2.24, 2.45) is 0 Å². The second-order valence-corrected chi connectivity index (χ2v) is 3.33. The highest BCUT2D eigenvalue weighted by atomic mass is 35.5. The van der Waals surface area contributed by atoms with Crippen molar-refractivity contribution in [2.45, 2.75) is 0 Å². The quantitative estimate of drug-likeness (QED) is 0.688. The lowest BCUT2D eigenvalue weighted by Crippen LogP contribution is -1.90. The number of fused-ring (bicyclic) bond motifs is 1. The molecule has 0 aliphatic carbocycles. The Balaban J connectivity index is 2.66. The molecule has 15 heavy (non-hydrogen) atoms. The van der Waals surface area contributed by atoms with Gasteiger partial charge in [-0.3, -0.25) is 4.79 Å². The molecule has 3 nitrogen and oxygen atoms in total. The first-order valence-corrected chi connectivity index (χ1v) is 4.59. The molecule has 2 aromatic rings. The van der Waals surface area contributed by atoms with Crippen LogP contribution in [0.2, 0.25) is 0 Å². The summed E-state index contributed by atoms with van der Waals surface area (Å²) in [5.74, 6) is 0. The van der Waals surface area contributed by atoms with E-state index in [2.05, 4.69) is 4.98 Å². The van der Waals surface area contributed by atoms with Gasteiger partial charge in [-0.05, 0) is 41.9 Å². The van der Waals surface area contributed by atoms with Gasteiger partial charge < -0.3 is 0 Å². The minimum atomic E-state index is -0.499. The molecular weight excluding hydrogens is 212 g/mol. The van der Waals surface area contributed by atoms with Gasteiger partial charge in [0, 0.05) is 10.9 Å². The fourth-order valence-electron chi connectivity index (χ4n) is 1.31. The van der Waals surface area contributed by atoms with Crippen LogP contribution in [0.1, 0.15) is 16.1 Å². The average Bonchev–Trinajstić information content (AvgIpc) is 2.27. The Labute approximate surface area is 90.9 Å². The zero-order valence-electron chi connectivity index (χ0n) is 7.57. The molecule has 0 fully saturated rings. The van der Waals surface area contributed by atoms with Gasteiger partial charge in [0.2, 0.25) is 0 Å². The molecule has 0 N–H and O–H groups in total. The number of nitriles is 1. The van der Waals surface area contributed by atoms with E-state index >= 15 is 0 Å². The summed E-state index contributed by atoms with van der Waals surface area (Å²) in [5.41, 5.74) is 1.46. The van der Waals surface area contributed by atoms with Crippen LogP contribution >= 0.6 is 11.6 Å². The van der Waals surface area contributed by atoms with Crippen LogP contribution in [0.5, 0.6) is 0 Å². The number of benzene rings is 1. The Morgan fingerprint density at radius 2 is 2.13 bits per heavy atom. The van der Waals surface area contributed by atoms with Crippen molar-refractivity contribution in [3.8, 4) is 6.07 Å². The number of hydrogen-bond acceptors (Lipinski definition) is 3. The van der Waals surface area contributed by atoms with E-state index in [1.807, 2.05) is 6.07 Å². The van der Waals surface area contributed by atoms with Gasteiger partial charge in [0.25, 0.3) is 5.24 Å². The van der Waals surface area contributed by atoms with E-state index in [4.69, 9.17) is 16.9 Å². The molecule has 1 aromatic carbocycles. The molecule has 0 unspecified atom stereocenters. The monoisotopic (exact) mass is 216 g/mol. The third kappa shape index (κ3) is 1.80. The van der Waals surface area contributed by atoms with E-state index in [1.165, 1.54) is 0 Å².